The summed E-state index contributed by atoms with van der Waals surface area (Å²) in [6, 6.07) is 14.4. The van der Waals surface area contributed by atoms with E-state index in [1.807, 2.05) is 0 Å². The molecule has 59 heteroatoms. The van der Waals surface area contributed by atoms with Crippen LogP contribution in [0.3, 0.4) is 0 Å². The topological polar surface area (TPSA) is 533 Å². The van der Waals surface area contributed by atoms with Gasteiger partial charge in [-0.15, -0.1) is 39.5 Å². The number of ketones is 2. The molecule has 43 nitrogen and oxygen atoms in total. The van der Waals surface area contributed by atoms with Crippen molar-refractivity contribution in [3.05, 3.63) is 124 Å². The molecular weight excluding hydrogens is 2170 g/mol. The Morgan fingerprint density at radius 1 is 0.473 bits per heavy atom. The Balaban J connectivity index is 0.000000238. The highest BCUT2D eigenvalue weighted by molar-refractivity contribution is 9.08. The number of aliphatic hydroxyl groups excluding tert-OH is 1. The number of carbonyl (C=O) groups is 10. The van der Waals surface area contributed by atoms with Gasteiger partial charge in [-0.25, -0.2) is 66.5 Å². The number of halogens is 16. The Morgan fingerprint density at radius 3 is 1.17 bits per heavy atom. The van der Waals surface area contributed by atoms with Gasteiger partial charge in [-0.2, -0.15) is 39.7 Å². The number of alkyl halides is 13. The zero-order valence-electron chi connectivity index (χ0n) is 82.8. The van der Waals surface area contributed by atoms with Crippen molar-refractivity contribution < 1.29 is 187 Å². The van der Waals surface area contributed by atoms with E-state index in [0.717, 1.165) is 70.7 Å². The van der Waals surface area contributed by atoms with E-state index in [1.54, 1.807) is 103 Å². The van der Waals surface area contributed by atoms with Crippen LogP contribution in [0.25, 0.3) is 33.5 Å². The monoisotopic (exact) mass is 2270 g/mol. The number of nitrogens with two attached hydrogens (primary N) is 1. The van der Waals surface area contributed by atoms with Crippen LogP contribution >= 0.6 is 50.7 Å². The first-order chi connectivity index (χ1) is 69.4. The number of carbonyl (C=O) groups excluding carboxylic acids is 8. The third-order valence-corrected chi connectivity index (χ3v) is 22.1. The number of esters is 2. The number of imide groups is 2. The van der Waals surface area contributed by atoms with Crippen LogP contribution in [-0.4, -0.2) is 268 Å². The molecule has 150 heavy (non-hydrogen) atoms. The highest BCUT2D eigenvalue weighted by atomic mass is 79.9. The summed E-state index contributed by atoms with van der Waals surface area (Å²) in [6.45, 7) is 25.6. The number of aliphatic hydroxyl groups is 1. The van der Waals surface area contributed by atoms with Crippen LogP contribution in [0.2, 0.25) is 15.9 Å². The Labute approximate surface area is 867 Å². The second-order valence-corrected chi connectivity index (χ2v) is 38.7. The first kappa shape index (κ1) is 121. The maximum Gasteiger partial charge on any atom is 0.573 e. The van der Waals surface area contributed by atoms with Crippen molar-refractivity contribution in [2.75, 3.05) is 48.6 Å². The lowest BCUT2D eigenvalue weighted by Gasteiger charge is -2.31. The molecule has 3 fully saturated rings. The van der Waals surface area contributed by atoms with E-state index in [1.165, 1.54) is 62.0 Å². The number of aromatic nitrogens is 12. The summed E-state index contributed by atoms with van der Waals surface area (Å²) in [4.78, 5) is 165. The molecule has 0 aliphatic carbocycles. The van der Waals surface area contributed by atoms with Crippen LogP contribution < -0.4 is 29.7 Å². The van der Waals surface area contributed by atoms with Crippen molar-refractivity contribution in [1.82, 2.24) is 58.6 Å². The summed E-state index contributed by atoms with van der Waals surface area (Å²) < 4.78 is 239. The summed E-state index contributed by atoms with van der Waals surface area (Å²) in [5.41, 5.74) is -3.67. The van der Waals surface area contributed by atoms with Crippen LogP contribution in [0.4, 0.5) is 89.3 Å². The van der Waals surface area contributed by atoms with Crippen molar-refractivity contribution in [3.63, 3.8) is 0 Å². The highest BCUT2D eigenvalue weighted by Crippen LogP contribution is 2.45. The van der Waals surface area contributed by atoms with Crippen LogP contribution in [0.1, 0.15) is 160 Å². The van der Waals surface area contributed by atoms with Gasteiger partial charge >= 0.3 is 67.3 Å². The number of carboxylic acids is 2. The van der Waals surface area contributed by atoms with E-state index in [-0.39, 0.29) is 92.4 Å². The Kier molecular flexibility index (Phi) is 39.4. The first-order valence-electron chi connectivity index (χ1n) is 44.8. The molecule has 4 amide bonds. The molecule has 0 saturated carbocycles. The van der Waals surface area contributed by atoms with E-state index in [9.17, 15) is 103 Å². The molecule has 6 aromatic heterocycles. The second kappa shape index (κ2) is 48.8. The first-order valence-corrected chi connectivity index (χ1v) is 47.0. The maximum absolute atomic E-state index is 16.2. The van der Waals surface area contributed by atoms with Gasteiger partial charge in [0.1, 0.15) is 57.4 Å². The van der Waals surface area contributed by atoms with Crippen molar-refractivity contribution in [2.24, 2.45) is 11.8 Å². The van der Waals surface area contributed by atoms with Crippen molar-refractivity contribution >= 4 is 161 Å². The minimum absolute atomic E-state index is 0.0414. The molecule has 5 N–H and O–H groups in total. The lowest BCUT2D eigenvalue weighted by atomic mass is 9.90. The number of aliphatic carboxylic acids is 2. The number of Topliss-reactive ketones (excluding diaryl/α,β-unsaturated/α-hetero) is 2. The summed E-state index contributed by atoms with van der Waals surface area (Å²) in [5.74, 6) is -11.5. The molecule has 0 bridgehead atoms. The summed E-state index contributed by atoms with van der Waals surface area (Å²) >= 11 is 21.4. The molecule has 0 radical (unpaired) electrons. The quantitative estimate of drug-likeness (QED) is 0.00811. The number of carboxylic acid groups (broad SMARTS) is 2. The van der Waals surface area contributed by atoms with Crippen LogP contribution in [0.5, 0.6) is 17.2 Å². The molecule has 12 rings (SSSR count). The SMILES string of the molecule is CCOC(=O)C(Cc1cccc(OC(F)(F)F)c1)(OC[C@H]1O[C@@H](n2cnc3c(N(C(=O)OC(C)(C)C)C(=O)OC(C)(C)C)nc(Cl)nc32)[C@@H](F)[C@@H]1C)C(C)=O.CCOC(=O)C(OC[C@H]1O[C@@H](n2cnc3c(N(C(=O)OC(C)(C)C)C(=O)OC(C)(C)C)nc(Cl)nc32)[C@@H](F)[C@@H]1C)C(C)=O.FC(F)(F)Oc1cccc(CBr)c1.Nc1nc(Cl)nc2c1ncn2[C@@H]1O[C@H](COC(Cc2cccc(OC(F)(F)F)c2)(C(=O)O)C(=O)O)[C@@H](O)[C@@H]1F. The molecule has 3 aliphatic rings. The Morgan fingerprint density at radius 2 is 0.807 bits per heavy atom. The third kappa shape index (κ3) is 31.6. The van der Waals surface area contributed by atoms with E-state index in [4.69, 9.17) is 97.4 Å². The fourth-order valence-corrected chi connectivity index (χ4v) is 15.2. The molecule has 9 aromatic rings. The van der Waals surface area contributed by atoms with Crippen LogP contribution in [-0.2, 0) is 104 Å². The van der Waals surface area contributed by atoms with Gasteiger partial charge in [0.15, 0.2) is 94.2 Å². The molecule has 3 aromatic carbocycles. The van der Waals surface area contributed by atoms with Crippen molar-refractivity contribution in [1.29, 1.82) is 0 Å². The fourth-order valence-electron chi connectivity index (χ4n) is 14.4. The number of nitrogen functional groups attached to an aromatic ring is 1. The molecule has 822 valence electrons. The summed E-state index contributed by atoms with van der Waals surface area (Å²) in [5, 5.41) is 29.2. The Bertz CT molecular complexity index is 6300. The zero-order valence-corrected chi connectivity index (χ0v) is 86.6. The van der Waals surface area contributed by atoms with Gasteiger partial charge in [-0.05, 0) is 199 Å². The smallest absolute Gasteiger partial charge is 0.479 e. The van der Waals surface area contributed by atoms with Gasteiger partial charge in [-0.1, -0.05) is 66.2 Å². The number of amides is 4. The predicted molar refractivity (Wildman–Crippen MR) is 502 cm³/mol. The van der Waals surface area contributed by atoms with Gasteiger partial charge in [0.05, 0.1) is 64.2 Å². The summed E-state index contributed by atoms with van der Waals surface area (Å²) in [6.07, 6.45) is -34.3. The highest BCUT2D eigenvalue weighted by Gasteiger charge is 2.55. The van der Waals surface area contributed by atoms with Gasteiger partial charge in [0, 0.05) is 30.0 Å². The van der Waals surface area contributed by atoms with Crippen LogP contribution in [0.15, 0.2) is 91.8 Å². The minimum atomic E-state index is -5.05. The number of benzene rings is 3. The number of rotatable bonds is 30. The summed E-state index contributed by atoms with van der Waals surface area (Å²) in [7, 11) is 0. The van der Waals surface area contributed by atoms with Gasteiger partial charge in [-0.3, -0.25) is 23.3 Å². The number of ether oxygens (including phenoxy) is 15. The van der Waals surface area contributed by atoms with E-state index >= 15 is 13.2 Å². The number of imidazole rings is 3. The minimum Gasteiger partial charge on any atom is -0.479 e. The Hall–Kier alpha value is -12.6. The molecule has 3 saturated heterocycles. The van der Waals surface area contributed by atoms with Gasteiger partial charge in [0.2, 0.25) is 27.6 Å². The molecular formula is C91H103BrCl3F12N15O28. The lowest BCUT2D eigenvalue weighted by Crippen LogP contribution is -2.52. The van der Waals surface area contributed by atoms with Crippen molar-refractivity contribution in [2.45, 2.75) is 263 Å². The van der Waals surface area contributed by atoms with E-state index in [2.05, 4.69) is 75.0 Å². The third-order valence-electron chi connectivity index (χ3n) is 21.0. The fraction of sp³-hybridized carbons (Fsp3) is 0.527. The molecule has 9 heterocycles. The van der Waals surface area contributed by atoms with Gasteiger partial charge in [0.25, 0.3) is 5.60 Å². The normalized spacial score (nSPS) is 20.2. The number of anilines is 3. The lowest BCUT2D eigenvalue weighted by molar-refractivity contribution is -0.275. The standard InChI is InChI=1S/C35H42ClF4N5O10.C27H37ClFN5O9.C21H18ClF4N5O8.C8H6BrF3O/c1-10-50-28(47)34(19(3)46,15-20-12-11-13-21(14-20)53-35(38,39)40)51-16-22-18(2)23(37)27(52-22)44-17-41-24-25(44)42-29(36)43-26(24)45(30(48)54-32(4,5)6)31(49)55-33(7,8)9;1-10-39-22(36)18(14(3)35)40-11-15-13(2)16(29)21(41-15)33-12-30-17-19(33)31-23(28)32-20(17)34(24(37)42-26(4,5)6)25(38)43-27(7,8)9;22-19-29-14(27)12-15(30-19)31(7-28-12)16-11(23)13(32)10(38-16)6-37-20(17(33)34,18(35)36)5-8-2-1-3-9(4-8)39-21(24,25)26;9-5-6-2-1-3-7(4-6)13-8(10,11)12/h11-14,17-18,22-23,27H,10,15-16H2,1-9H3;12-13,15-16,18,21H,10-11H2,1-9H3;1-4,7,10-11,13,16,32H,5-6H2,(H,33,34)(H,35,36)(H2,27,29,30);1-4H,5H2/t18-,22-,23+,27-,34?;13-,15-,16+,18?,21-;10-,11+,13-,16-;/m111./s1. The number of hydrogen-bond acceptors (Lipinski definition) is 36. The van der Waals surface area contributed by atoms with E-state index in [0.29, 0.717) is 15.1 Å². The zero-order chi connectivity index (χ0) is 112. The van der Waals surface area contributed by atoms with Crippen molar-refractivity contribution in [3.8, 4) is 17.2 Å². The van der Waals surface area contributed by atoms with Crippen LogP contribution in [0, 0.1) is 11.8 Å². The van der Waals surface area contributed by atoms with Gasteiger partial charge < -0.3 is 92.1 Å². The number of hydrogen-bond donors (Lipinski definition) is 4. The second-order valence-electron chi connectivity index (χ2n) is 37.1. The predicted octanol–water partition coefficient (Wildman–Crippen LogP) is 16.8. The molecule has 2 unspecified atom stereocenters. The average molecular weight is 2270 g/mol. The van der Waals surface area contributed by atoms with E-state index < -0.39 is 241 Å². The number of nitrogens with zero attached hydrogens (tertiary/aromatic N) is 14. The average Bonchev–Trinajstić information content (AvgIpc) is 1.61. The molecule has 0 spiro atoms. The molecule has 14 atom stereocenters. The number of fused-ring (bicyclic) bond motifs is 3. The molecule has 3 aliphatic heterocycles. The largest absolute Gasteiger partial charge is 0.573 e. The maximum atomic E-state index is 16.2.